The molecule has 1 aromatic carbocycles. The van der Waals surface area contributed by atoms with Crippen LogP contribution in [0.2, 0.25) is 5.02 Å². The summed E-state index contributed by atoms with van der Waals surface area (Å²) in [5.74, 6) is 1.92. The van der Waals surface area contributed by atoms with Crippen molar-refractivity contribution in [2.45, 2.75) is 19.8 Å². The third-order valence-corrected chi connectivity index (χ3v) is 4.78. The van der Waals surface area contributed by atoms with Crippen LogP contribution in [-0.2, 0) is 0 Å². The lowest BCUT2D eigenvalue weighted by molar-refractivity contribution is 0.372. The van der Waals surface area contributed by atoms with E-state index in [1.807, 2.05) is 13.1 Å². The van der Waals surface area contributed by atoms with Crippen LogP contribution in [0.4, 0.5) is 5.69 Å². The van der Waals surface area contributed by atoms with Gasteiger partial charge < -0.3 is 15.1 Å². The van der Waals surface area contributed by atoms with E-state index in [-0.39, 0.29) is 0 Å². The number of piperazine rings is 1. The Morgan fingerprint density at radius 1 is 1.27 bits per heavy atom. The summed E-state index contributed by atoms with van der Waals surface area (Å²) in [6, 6.07) is 6.13. The Hall–Kier alpha value is -1.42. The second-order valence-corrected chi connectivity index (χ2v) is 6.71. The monoisotopic (exact) mass is 320 g/mol. The number of guanidine groups is 1. The first kappa shape index (κ1) is 15.5. The van der Waals surface area contributed by atoms with Crippen LogP contribution in [0.25, 0.3) is 0 Å². The molecule has 1 N–H and O–H groups in total. The number of aliphatic imine (C=N–C) groups is 1. The lowest BCUT2D eigenvalue weighted by Gasteiger charge is -2.38. The Bertz CT molecular complexity index is 546. The number of nitrogens with zero attached hydrogens (tertiary/aromatic N) is 3. The van der Waals surface area contributed by atoms with E-state index in [0.717, 1.165) is 49.6 Å². The van der Waals surface area contributed by atoms with Gasteiger partial charge in [-0.15, -0.1) is 0 Å². The molecule has 2 aliphatic rings. The van der Waals surface area contributed by atoms with Crippen LogP contribution in [0.5, 0.6) is 0 Å². The van der Waals surface area contributed by atoms with Gasteiger partial charge in [-0.2, -0.15) is 0 Å². The molecule has 22 heavy (non-hydrogen) atoms. The molecule has 5 heteroatoms. The minimum atomic E-state index is 0.810. The van der Waals surface area contributed by atoms with E-state index < -0.39 is 0 Å². The maximum absolute atomic E-state index is 6.15. The van der Waals surface area contributed by atoms with Crippen LogP contribution < -0.4 is 10.2 Å². The zero-order chi connectivity index (χ0) is 15.5. The van der Waals surface area contributed by atoms with Crippen molar-refractivity contribution >= 4 is 23.2 Å². The van der Waals surface area contributed by atoms with Gasteiger partial charge in [0.05, 0.1) is 0 Å². The third-order valence-electron chi connectivity index (χ3n) is 4.55. The van der Waals surface area contributed by atoms with Crippen LogP contribution >= 0.6 is 11.6 Å². The van der Waals surface area contributed by atoms with Crippen LogP contribution in [0.1, 0.15) is 18.4 Å². The summed E-state index contributed by atoms with van der Waals surface area (Å²) < 4.78 is 0. The van der Waals surface area contributed by atoms with E-state index in [9.17, 15) is 0 Å². The number of nitrogens with one attached hydrogen (secondary N) is 1. The number of anilines is 1. The van der Waals surface area contributed by atoms with E-state index in [2.05, 4.69) is 39.2 Å². The van der Waals surface area contributed by atoms with Gasteiger partial charge in [0, 0.05) is 50.5 Å². The molecule has 0 bridgehead atoms. The van der Waals surface area contributed by atoms with Gasteiger partial charge in [0.25, 0.3) is 0 Å². The van der Waals surface area contributed by atoms with Gasteiger partial charge in [0.2, 0.25) is 0 Å². The molecule has 1 saturated heterocycles. The third kappa shape index (κ3) is 3.67. The largest absolute Gasteiger partial charge is 0.368 e. The van der Waals surface area contributed by atoms with Crippen molar-refractivity contribution in [1.82, 2.24) is 10.2 Å². The molecular formula is C17H25ClN4. The van der Waals surface area contributed by atoms with Crippen molar-refractivity contribution in [3.05, 3.63) is 28.8 Å². The Morgan fingerprint density at radius 2 is 2.00 bits per heavy atom. The molecule has 0 radical (unpaired) electrons. The minimum Gasteiger partial charge on any atom is -0.368 e. The van der Waals surface area contributed by atoms with Crippen molar-refractivity contribution in [2.24, 2.45) is 10.9 Å². The summed E-state index contributed by atoms with van der Waals surface area (Å²) in [7, 11) is 1.88. The van der Waals surface area contributed by atoms with E-state index in [0.29, 0.717) is 0 Å². The van der Waals surface area contributed by atoms with Gasteiger partial charge >= 0.3 is 0 Å². The molecular weight excluding hydrogens is 296 g/mol. The molecule has 0 amide bonds. The highest BCUT2D eigenvalue weighted by Gasteiger charge is 2.24. The Kier molecular flexibility index (Phi) is 4.77. The number of benzene rings is 1. The van der Waals surface area contributed by atoms with E-state index in [4.69, 9.17) is 11.6 Å². The first-order valence-corrected chi connectivity index (χ1v) is 8.52. The van der Waals surface area contributed by atoms with Crippen molar-refractivity contribution < 1.29 is 0 Å². The highest BCUT2D eigenvalue weighted by molar-refractivity contribution is 6.30. The first-order valence-electron chi connectivity index (χ1n) is 8.14. The number of hydrogen-bond acceptors (Lipinski definition) is 2. The van der Waals surface area contributed by atoms with Crippen LogP contribution in [0.3, 0.4) is 0 Å². The topological polar surface area (TPSA) is 30.9 Å². The number of rotatable bonds is 3. The second kappa shape index (κ2) is 6.78. The molecule has 1 aliphatic heterocycles. The van der Waals surface area contributed by atoms with Crippen molar-refractivity contribution in [3.8, 4) is 0 Å². The van der Waals surface area contributed by atoms with Gasteiger partial charge in [-0.05, 0) is 43.4 Å². The van der Waals surface area contributed by atoms with E-state index in [1.54, 1.807) is 0 Å². The van der Waals surface area contributed by atoms with Crippen LogP contribution in [0.15, 0.2) is 23.2 Å². The fraction of sp³-hybridized carbons (Fsp3) is 0.588. The molecule has 1 saturated carbocycles. The molecule has 1 aromatic rings. The minimum absolute atomic E-state index is 0.810. The molecule has 0 spiro atoms. The summed E-state index contributed by atoms with van der Waals surface area (Å²) in [5.41, 5.74) is 2.54. The average Bonchev–Trinajstić information content (AvgIpc) is 3.35. The molecule has 0 atom stereocenters. The first-order chi connectivity index (χ1) is 10.7. The predicted molar refractivity (Wildman–Crippen MR) is 94.1 cm³/mol. The molecule has 3 rings (SSSR count). The van der Waals surface area contributed by atoms with E-state index in [1.165, 1.54) is 24.1 Å². The van der Waals surface area contributed by atoms with Crippen molar-refractivity contribution in [3.63, 3.8) is 0 Å². The summed E-state index contributed by atoms with van der Waals surface area (Å²) in [5, 5.41) is 4.32. The Balaban J connectivity index is 1.58. The molecule has 1 aliphatic carbocycles. The average molecular weight is 321 g/mol. The Labute approximate surface area is 138 Å². The summed E-state index contributed by atoms with van der Waals surface area (Å²) >= 11 is 6.15. The van der Waals surface area contributed by atoms with Gasteiger partial charge in [0.1, 0.15) is 0 Å². The van der Waals surface area contributed by atoms with E-state index >= 15 is 0 Å². The quantitative estimate of drug-likeness (QED) is 0.686. The molecule has 2 fully saturated rings. The molecule has 4 nitrogen and oxygen atoms in total. The van der Waals surface area contributed by atoms with Crippen LogP contribution in [0, 0.1) is 12.8 Å². The smallest absolute Gasteiger partial charge is 0.193 e. The maximum atomic E-state index is 6.15. The number of halogens is 1. The van der Waals surface area contributed by atoms with Gasteiger partial charge in [-0.25, -0.2) is 0 Å². The lowest BCUT2D eigenvalue weighted by atomic mass is 10.1. The second-order valence-electron chi connectivity index (χ2n) is 6.28. The fourth-order valence-corrected chi connectivity index (χ4v) is 3.14. The van der Waals surface area contributed by atoms with Gasteiger partial charge in [-0.1, -0.05) is 17.7 Å². The molecule has 1 heterocycles. The zero-order valence-corrected chi connectivity index (χ0v) is 14.2. The maximum Gasteiger partial charge on any atom is 0.193 e. The number of hydrogen-bond donors (Lipinski definition) is 1. The highest BCUT2D eigenvalue weighted by Crippen LogP contribution is 2.28. The summed E-state index contributed by atoms with van der Waals surface area (Å²) in [6.45, 7) is 7.22. The highest BCUT2D eigenvalue weighted by atomic mass is 35.5. The number of aryl methyl sites for hydroxylation is 1. The fourth-order valence-electron chi connectivity index (χ4n) is 2.97. The summed E-state index contributed by atoms with van der Waals surface area (Å²) in [6.07, 6.45) is 2.73. The molecule has 120 valence electrons. The zero-order valence-electron chi connectivity index (χ0n) is 13.5. The summed E-state index contributed by atoms with van der Waals surface area (Å²) in [4.78, 5) is 9.22. The van der Waals surface area contributed by atoms with Gasteiger partial charge in [0.15, 0.2) is 5.96 Å². The SMILES string of the molecule is CN=C(NCC1CC1)N1CCN(c2cc(Cl)ccc2C)CC1. The molecule has 0 aromatic heterocycles. The standard InChI is InChI=1S/C17H25ClN4/c1-13-3-6-15(18)11-16(13)21-7-9-22(10-8-21)17(19-2)20-12-14-4-5-14/h3,6,11,14H,4-5,7-10,12H2,1-2H3,(H,19,20). The lowest BCUT2D eigenvalue weighted by Crippen LogP contribution is -2.53. The predicted octanol–water partition coefficient (Wildman–Crippen LogP) is 2.76. The Morgan fingerprint density at radius 3 is 2.64 bits per heavy atom. The van der Waals surface area contributed by atoms with Crippen LogP contribution in [-0.4, -0.2) is 50.6 Å². The van der Waals surface area contributed by atoms with Gasteiger partial charge in [-0.3, -0.25) is 4.99 Å². The molecule has 0 unspecified atom stereocenters. The normalized spacial score (nSPS) is 19.5. The van der Waals surface area contributed by atoms with Crippen molar-refractivity contribution in [1.29, 1.82) is 0 Å². The van der Waals surface area contributed by atoms with Crippen molar-refractivity contribution in [2.75, 3.05) is 44.7 Å².